The number of aliphatic carboxylic acids is 1. The summed E-state index contributed by atoms with van der Waals surface area (Å²) >= 11 is 0. The van der Waals surface area contributed by atoms with Crippen LogP contribution in [0.15, 0.2) is 30.3 Å². The standard InChI is InChI=1S/C16H17N3O4/c1-10-7-13(19-16(18-10)17-5-6-20)11-3-2-4-12(8-11)14(21)9-15(22)23/h2-4,7-8,20H,5-6,9H2,1H3,(H,22,23)(H,17,18,19). The number of Topliss-reactive ketones (excluding diaryl/α,β-unsaturated/α-hetero) is 1. The summed E-state index contributed by atoms with van der Waals surface area (Å²) < 4.78 is 0. The zero-order valence-corrected chi connectivity index (χ0v) is 12.6. The first kappa shape index (κ1) is 16.6. The predicted octanol–water partition coefficient (Wildman–Crippen LogP) is 1.51. The van der Waals surface area contributed by atoms with Crippen molar-refractivity contribution in [1.29, 1.82) is 0 Å². The molecule has 1 aromatic heterocycles. The van der Waals surface area contributed by atoms with Crippen LogP contribution in [-0.4, -0.2) is 45.1 Å². The highest BCUT2D eigenvalue weighted by Gasteiger charge is 2.12. The molecular formula is C16H17N3O4. The topological polar surface area (TPSA) is 112 Å². The minimum Gasteiger partial charge on any atom is -0.481 e. The van der Waals surface area contributed by atoms with E-state index in [9.17, 15) is 9.59 Å². The number of aryl methyl sites for hydroxylation is 1. The van der Waals surface area contributed by atoms with Gasteiger partial charge in [0.25, 0.3) is 0 Å². The maximum absolute atomic E-state index is 11.9. The molecule has 3 N–H and O–H groups in total. The van der Waals surface area contributed by atoms with E-state index >= 15 is 0 Å². The van der Waals surface area contributed by atoms with Crippen LogP contribution in [0, 0.1) is 6.92 Å². The Morgan fingerprint density at radius 3 is 2.70 bits per heavy atom. The highest BCUT2D eigenvalue weighted by Crippen LogP contribution is 2.21. The molecule has 7 nitrogen and oxygen atoms in total. The average Bonchev–Trinajstić information content (AvgIpc) is 2.52. The van der Waals surface area contributed by atoms with Crippen molar-refractivity contribution in [3.63, 3.8) is 0 Å². The van der Waals surface area contributed by atoms with Crippen LogP contribution < -0.4 is 5.32 Å². The second-order valence-electron chi connectivity index (χ2n) is 4.94. The van der Waals surface area contributed by atoms with Gasteiger partial charge in [0, 0.05) is 23.4 Å². The first-order chi connectivity index (χ1) is 11.0. The van der Waals surface area contributed by atoms with Crippen LogP contribution in [0.4, 0.5) is 5.95 Å². The Kier molecular flexibility index (Phi) is 5.37. The van der Waals surface area contributed by atoms with Crippen molar-refractivity contribution in [2.75, 3.05) is 18.5 Å². The maximum Gasteiger partial charge on any atom is 0.311 e. The summed E-state index contributed by atoms with van der Waals surface area (Å²) in [6.07, 6.45) is -0.546. The normalized spacial score (nSPS) is 10.3. The zero-order chi connectivity index (χ0) is 16.8. The van der Waals surface area contributed by atoms with E-state index in [2.05, 4.69) is 15.3 Å². The van der Waals surface area contributed by atoms with E-state index in [0.29, 0.717) is 29.3 Å². The maximum atomic E-state index is 11.9. The number of aliphatic hydroxyl groups is 1. The van der Waals surface area contributed by atoms with Crippen LogP contribution >= 0.6 is 0 Å². The van der Waals surface area contributed by atoms with Crippen LogP contribution in [0.1, 0.15) is 22.5 Å². The van der Waals surface area contributed by atoms with Gasteiger partial charge in [0.1, 0.15) is 6.42 Å². The Hall–Kier alpha value is -2.80. The van der Waals surface area contributed by atoms with E-state index in [1.54, 1.807) is 30.3 Å². The van der Waals surface area contributed by atoms with Gasteiger partial charge in [0.2, 0.25) is 5.95 Å². The lowest BCUT2D eigenvalue weighted by molar-refractivity contribution is -0.135. The zero-order valence-electron chi connectivity index (χ0n) is 12.6. The lowest BCUT2D eigenvalue weighted by Gasteiger charge is -2.08. The molecule has 0 aliphatic heterocycles. The van der Waals surface area contributed by atoms with E-state index < -0.39 is 18.2 Å². The minimum atomic E-state index is -1.16. The Morgan fingerprint density at radius 1 is 1.22 bits per heavy atom. The predicted molar refractivity (Wildman–Crippen MR) is 84.4 cm³/mol. The van der Waals surface area contributed by atoms with Crippen molar-refractivity contribution in [2.45, 2.75) is 13.3 Å². The quantitative estimate of drug-likeness (QED) is 0.524. The Bertz CT molecular complexity index is 731. The molecule has 0 bridgehead atoms. The number of aromatic nitrogens is 2. The molecule has 0 saturated heterocycles. The number of aliphatic hydroxyl groups excluding tert-OH is 1. The Labute approximate surface area is 133 Å². The lowest BCUT2D eigenvalue weighted by atomic mass is 10.0. The second-order valence-corrected chi connectivity index (χ2v) is 4.94. The number of carbonyl (C=O) groups excluding carboxylic acids is 1. The summed E-state index contributed by atoms with van der Waals surface area (Å²) in [7, 11) is 0. The van der Waals surface area contributed by atoms with Gasteiger partial charge in [0.15, 0.2) is 5.78 Å². The number of rotatable bonds is 7. The molecule has 0 radical (unpaired) electrons. The monoisotopic (exact) mass is 315 g/mol. The van der Waals surface area contributed by atoms with Gasteiger partial charge in [-0.1, -0.05) is 18.2 Å². The first-order valence-corrected chi connectivity index (χ1v) is 7.05. The number of carboxylic acids is 1. The third-order valence-electron chi connectivity index (χ3n) is 3.04. The molecule has 2 aromatic rings. The highest BCUT2D eigenvalue weighted by atomic mass is 16.4. The largest absolute Gasteiger partial charge is 0.481 e. The minimum absolute atomic E-state index is 0.0359. The molecule has 0 amide bonds. The van der Waals surface area contributed by atoms with Crippen molar-refractivity contribution in [2.24, 2.45) is 0 Å². The summed E-state index contributed by atoms with van der Waals surface area (Å²) in [6, 6.07) is 8.43. The fraction of sp³-hybridized carbons (Fsp3) is 0.250. The second kappa shape index (κ2) is 7.46. The summed E-state index contributed by atoms with van der Waals surface area (Å²) in [4.78, 5) is 31.1. The summed E-state index contributed by atoms with van der Waals surface area (Å²) in [5.41, 5.74) is 2.37. The number of anilines is 1. The number of ketones is 1. The fourth-order valence-electron chi connectivity index (χ4n) is 2.05. The Balaban J connectivity index is 2.33. The van der Waals surface area contributed by atoms with E-state index in [4.69, 9.17) is 10.2 Å². The van der Waals surface area contributed by atoms with Crippen LogP contribution in [0.25, 0.3) is 11.3 Å². The van der Waals surface area contributed by atoms with E-state index in [1.807, 2.05) is 6.92 Å². The molecule has 0 aliphatic carbocycles. The van der Waals surface area contributed by atoms with Crippen LogP contribution in [0.2, 0.25) is 0 Å². The molecule has 1 heterocycles. The number of nitrogens with one attached hydrogen (secondary N) is 1. The van der Waals surface area contributed by atoms with Gasteiger partial charge in [-0.25, -0.2) is 9.97 Å². The van der Waals surface area contributed by atoms with Gasteiger partial charge in [-0.3, -0.25) is 9.59 Å². The number of benzene rings is 1. The summed E-state index contributed by atoms with van der Waals surface area (Å²) in [5.74, 6) is -1.23. The molecule has 2 rings (SSSR count). The fourth-order valence-corrected chi connectivity index (χ4v) is 2.05. The van der Waals surface area contributed by atoms with E-state index in [1.165, 1.54) is 0 Å². The van der Waals surface area contributed by atoms with Gasteiger partial charge in [-0.05, 0) is 19.1 Å². The van der Waals surface area contributed by atoms with Crippen molar-refractivity contribution in [1.82, 2.24) is 9.97 Å². The average molecular weight is 315 g/mol. The molecule has 0 unspecified atom stereocenters. The number of carboxylic acid groups (broad SMARTS) is 1. The third-order valence-corrected chi connectivity index (χ3v) is 3.04. The van der Waals surface area contributed by atoms with Crippen molar-refractivity contribution in [3.8, 4) is 11.3 Å². The van der Waals surface area contributed by atoms with Gasteiger partial charge in [-0.15, -0.1) is 0 Å². The molecule has 1 aromatic carbocycles. The third kappa shape index (κ3) is 4.58. The SMILES string of the molecule is Cc1cc(-c2cccc(C(=O)CC(=O)O)c2)nc(NCCO)n1. The van der Waals surface area contributed by atoms with Crippen molar-refractivity contribution in [3.05, 3.63) is 41.6 Å². The van der Waals surface area contributed by atoms with Crippen molar-refractivity contribution < 1.29 is 19.8 Å². The van der Waals surface area contributed by atoms with E-state index in [-0.39, 0.29) is 6.61 Å². The summed E-state index contributed by atoms with van der Waals surface area (Å²) in [5, 5.41) is 20.5. The Morgan fingerprint density at radius 2 is 2.00 bits per heavy atom. The molecule has 0 fully saturated rings. The van der Waals surface area contributed by atoms with E-state index in [0.717, 1.165) is 5.69 Å². The molecule has 23 heavy (non-hydrogen) atoms. The van der Waals surface area contributed by atoms with Crippen LogP contribution in [-0.2, 0) is 4.79 Å². The number of carbonyl (C=O) groups is 2. The van der Waals surface area contributed by atoms with Gasteiger partial charge in [0.05, 0.1) is 12.3 Å². The van der Waals surface area contributed by atoms with Gasteiger partial charge >= 0.3 is 5.97 Å². The number of hydrogen-bond acceptors (Lipinski definition) is 6. The summed E-state index contributed by atoms with van der Waals surface area (Å²) in [6.45, 7) is 2.11. The smallest absolute Gasteiger partial charge is 0.311 e. The molecule has 0 aliphatic rings. The van der Waals surface area contributed by atoms with Gasteiger partial charge in [-0.2, -0.15) is 0 Å². The molecule has 0 saturated carbocycles. The molecular weight excluding hydrogens is 298 g/mol. The molecule has 7 heteroatoms. The van der Waals surface area contributed by atoms with Crippen LogP contribution in [0.3, 0.4) is 0 Å². The van der Waals surface area contributed by atoms with Gasteiger partial charge < -0.3 is 15.5 Å². The first-order valence-electron chi connectivity index (χ1n) is 7.05. The number of nitrogens with zero attached hydrogens (tertiary/aromatic N) is 2. The number of hydrogen-bond donors (Lipinski definition) is 3. The molecule has 0 spiro atoms. The molecule has 0 atom stereocenters. The van der Waals surface area contributed by atoms with Crippen molar-refractivity contribution >= 4 is 17.7 Å². The highest BCUT2D eigenvalue weighted by molar-refractivity contribution is 6.06. The lowest BCUT2D eigenvalue weighted by Crippen LogP contribution is -2.10. The van der Waals surface area contributed by atoms with Crippen LogP contribution in [0.5, 0.6) is 0 Å². The molecule has 120 valence electrons.